The van der Waals surface area contributed by atoms with Crippen LogP contribution in [0.5, 0.6) is 0 Å². The number of halogens is 1. The average Bonchev–Trinajstić information content (AvgIpc) is 3.19. The van der Waals surface area contributed by atoms with E-state index in [9.17, 15) is 9.59 Å². The van der Waals surface area contributed by atoms with Crippen LogP contribution in [0.25, 0.3) is 0 Å². The monoisotopic (exact) mass is 298 g/mol. The summed E-state index contributed by atoms with van der Waals surface area (Å²) in [5.41, 5.74) is 0. The highest BCUT2D eigenvalue weighted by Crippen LogP contribution is 2.31. The van der Waals surface area contributed by atoms with Crippen molar-refractivity contribution in [3.63, 3.8) is 0 Å². The summed E-state index contributed by atoms with van der Waals surface area (Å²) in [6, 6.07) is 3.50. The van der Waals surface area contributed by atoms with E-state index in [0.29, 0.717) is 35.4 Å². The predicted octanol–water partition coefficient (Wildman–Crippen LogP) is 2.10. The van der Waals surface area contributed by atoms with Crippen LogP contribution in [0, 0.1) is 5.92 Å². The Labute approximate surface area is 120 Å². The van der Waals surface area contributed by atoms with Crippen molar-refractivity contribution in [1.29, 1.82) is 0 Å². The molecule has 1 aromatic heterocycles. The van der Waals surface area contributed by atoms with Crippen LogP contribution in [-0.4, -0.2) is 47.8 Å². The minimum Gasteiger partial charge on any atom is -0.339 e. The van der Waals surface area contributed by atoms with Crippen molar-refractivity contribution >= 4 is 34.8 Å². The summed E-state index contributed by atoms with van der Waals surface area (Å²) in [7, 11) is 0. The molecule has 0 bridgehead atoms. The number of carbonyl (C=O) groups is 2. The lowest BCUT2D eigenvalue weighted by atomic mass is 10.2. The molecule has 1 saturated carbocycles. The van der Waals surface area contributed by atoms with E-state index in [1.807, 2.05) is 4.90 Å². The average molecular weight is 299 g/mol. The molecule has 1 saturated heterocycles. The zero-order valence-electron chi connectivity index (χ0n) is 10.5. The second-order valence-corrected chi connectivity index (χ2v) is 6.71. The number of rotatable bonds is 2. The highest BCUT2D eigenvalue weighted by Gasteiger charge is 2.35. The number of piperazine rings is 1. The second-order valence-electron chi connectivity index (χ2n) is 5.00. The summed E-state index contributed by atoms with van der Waals surface area (Å²) in [4.78, 5) is 28.5. The molecular formula is C13H15ClN2O2S. The fourth-order valence-corrected chi connectivity index (χ4v) is 3.31. The Bertz CT molecular complexity index is 504. The van der Waals surface area contributed by atoms with Gasteiger partial charge < -0.3 is 9.80 Å². The van der Waals surface area contributed by atoms with Crippen molar-refractivity contribution < 1.29 is 9.59 Å². The lowest BCUT2D eigenvalue weighted by Gasteiger charge is -2.34. The van der Waals surface area contributed by atoms with Gasteiger partial charge in [-0.15, -0.1) is 11.3 Å². The van der Waals surface area contributed by atoms with Crippen molar-refractivity contribution in [2.75, 3.05) is 26.2 Å². The van der Waals surface area contributed by atoms with Crippen LogP contribution >= 0.6 is 22.9 Å². The maximum Gasteiger partial charge on any atom is 0.264 e. The van der Waals surface area contributed by atoms with E-state index in [-0.39, 0.29) is 17.7 Å². The molecule has 102 valence electrons. The first-order valence-electron chi connectivity index (χ1n) is 6.48. The second kappa shape index (κ2) is 5.13. The van der Waals surface area contributed by atoms with E-state index < -0.39 is 0 Å². The Morgan fingerprint density at radius 2 is 1.74 bits per heavy atom. The molecule has 0 N–H and O–H groups in total. The molecule has 1 aliphatic carbocycles. The van der Waals surface area contributed by atoms with Gasteiger partial charge in [-0.25, -0.2) is 0 Å². The van der Waals surface area contributed by atoms with Crippen LogP contribution in [-0.2, 0) is 4.79 Å². The number of thiophene rings is 1. The third kappa shape index (κ3) is 2.77. The summed E-state index contributed by atoms with van der Waals surface area (Å²) >= 11 is 7.15. The fourth-order valence-electron chi connectivity index (χ4n) is 2.30. The van der Waals surface area contributed by atoms with Crippen LogP contribution in [0.2, 0.25) is 4.34 Å². The third-order valence-corrected chi connectivity index (χ3v) is 4.81. The van der Waals surface area contributed by atoms with Crippen LogP contribution in [0.4, 0.5) is 0 Å². The van der Waals surface area contributed by atoms with Gasteiger partial charge in [-0.1, -0.05) is 11.6 Å². The molecule has 2 amide bonds. The summed E-state index contributed by atoms with van der Waals surface area (Å²) in [5.74, 6) is 0.556. The van der Waals surface area contributed by atoms with E-state index in [4.69, 9.17) is 11.6 Å². The van der Waals surface area contributed by atoms with Crippen molar-refractivity contribution in [2.45, 2.75) is 12.8 Å². The van der Waals surface area contributed by atoms with Gasteiger partial charge >= 0.3 is 0 Å². The van der Waals surface area contributed by atoms with Crippen LogP contribution in [0.15, 0.2) is 12.1 Å². The van der Waals surface area contributed by atoms with Gasteiger partial charge in [0.2, 0.25) is 5.91 Å². The number of carbonyl (C=O) groups excluding carboxylic acids is 2. The fraction of sp³-hybridized carbons (Fsp3) is 0.538. The van der Waals surface area contributed by atoms with E-state index in [0.717, 1.165) is 12.8 Å². The molecule has 1 aromatic rings. The Morgan fingerprint density at radius 3 is 2.26 bits per heavy atom. The number of hydrogen-bond donors (Lipinski definition) is 0. The highest BCUT2D eigenvalue weighted by molar-refractivity contribution is 7.17. The SMILES string of the molecule is O=C(c1ccc(Cl)s1)N1CCN(C(=O)C2CC2)CC1. The molecule has 6 heteroatoms. The molecule has 2 fully saturated rings. The molecule has 0 aromatic carbocycles. The maximum atomic E-state index is 12.2. The van der Waals surface area contributed by atoms with Crippen molar-refractivity contribution in [2.24, 2.45) is 5.92 Å². The number of amides is 2. The van der Waals surface area contributed by atoms with Crippen molar-refractivity contribution in [1.82, 2.24) is 9.80 Å². The first-order valence-corrected chi connectivity index (χ1v) is 7.68. The van der Waals surface area contributed by atoms with Gasteiger partial charge in [-0.05, 0) is 25.0 Å². The summed E-state index contributed by atoms with van der Waals surface area (Å²) in [5, 5.41) is 0. The molecule has 4 nitrogen and oxygen atoms in total. The van der Waals surface area contributed by atoms with E-state index in [1.54, 1.807) is 17.0 Å². The molecule has 0 unspecified atom stereocenters. The summed E-state index contributed by atoms with van der Waals surface area (Å²) in [6.07, 6.45) is 2.07. The van der Waals surface area contributed by atoms with Gasteiger partial charge in [0.05, 0.1) is 9.21 Å². The first kappa shape index (κ1) is 12.9. The predicted molar refractivity (Wildman–Crippen MR) is 74.5 cm³/mol. The van der Waals surface area contributed by atoms with E-state index in [2.05, 4.69) is 0 Å². The Kier molecular flexibility index (Phi) is 3.50. The highest BCUT2D eigenvalue weighted by atomic mass is 35.5. The summed E-state index contributed by atoms with van der Waals surface area (Å²) < 4.78 is 0.630. The van der Waals surface area contributed by atoms with Gasteiger partial charge in [-0.3, -0.25) is 9.59 Å². The van der Waals surface area contributed by atoms with Gasteiger partial charge in [0, 0.05) is 32.1 Å². The topological polar surface area (TPSA) is 40.6 Å². The minimum atomic E-state index is 0.0235. The van der Waals surface area contributed by atoms with Crippen molar-refractivity contribution in [3.05, 3.63) is 21.3 Å². The first-order chi connectivity index (χ1) is 9.15. The molecular weight excluding hydrogens is 284 g/mol. The van der Waals surface area contributed by atoms with E-state index in [1.165, 1.54) is 11.3 Å². The smallest absolute Gasteiger partial charge is 0.264 e. The standard InChI is InChI=1S/C13H15ClN2O2S/c14-11-4-3-10(19-11)13(18)16-7-5-15(6-8-16)12(17)9-1-2-9/h3-4,9H,1-2,5-8H2. The Balaban J connectivity index is 1.57. The zero-order chi connectivity index (χ0) is 13.4. The third-order valence-electron chi connectivity index (χ3n) is 3.59. The molecule has 0 spiro atoms. The number of nitrogens with zero attached hydrogens (tertiary/aromatic N) is 2. The lowest BCUT2D eigenvalue weighted by molar-refractivity contribution is -0.134. The molecule has 2 heterocycles. The molecule has 2 aliphatic rings. The zero-order valence-corrected chi connectivity index (χ0v) is 12.0. The molecule has 0 radical (unpaired) electrons. The molecule has 0 atom stereocenters. The van der Waals surface area contributed by atoms with Crippen LogP contribution in [0.1, 0.15) is 22.5 Å². The van der Waals surface area contributed by atoms with Gasteiger partial charge in [0.1, 0.15) is 0 Å². The summed E-state index contributed by atoms with van der Waals surface area (Å²) in [6.45, 7) is 2.54. The van der Waals surface area contributed by atoms with Gasteiger partial charge in [0.25, 0.3) is 5.91 Å². The molecule has 3 rings (SSSR count). The quantitative estimate of drug-likeness (QED) is 0.839. The number of hydrogen-bond acceptors (Lipinski definition) is 3. The van der Waals surface area contributed by atoms with Crippen molar-refractivity contribution in [3.8, 4) is 0 Å². The Hall–Kier alpha value is -1.07. The van der Waals surface area contributed by atoms with Crippen LogP contribution in [0.3, 0.4) is 0 Å². The normalized spacial score (nSPS) is 19.6. The largest absolute Gasteiger partial charge is 0.339 e. The van der Waals surface area contributed by atoms with Gasteiger partial charge in [0.15, 0.2) is 0 Å². The lowest BCUT2D eigenvalue weighted by Crippen LogP contribution is -2.50. The minimum absolute atomic E-state index is 0.0235. The van der Waals surface area contributed by atoms with Gasteiger partial charge in [-0.2, -0.15) is 0 Å². The maximum absolute atomic E-state index is 12.2. The van der Waals surface area contributed by atoms with Crippen LogP contribution < -0.4 is 0 Å². The molecule has 19 heavy (non-hydrogen) atoms. The Morgan fingerprint density at radius 1 is 1.11 bits per heavy atom. The molecule has 1 aliphatic heterocycles. The van der Waals surface area contributed by atoms with E-state index >= 15 is 0 Å².